The number of rotatable bonds is 2. The Bertz CT molecular complexity index is 1090. The van der Waals surface area contributed by atoms with Crippen molar-refractivity contribution in [3.05, 3.63) is 68.7 Å². The fraction of sp³-hybridized carbons (Fsp3) is 0.167. The fourth-order valence-electron chi connectivity index (χ4n) is 3.04. The third-order valence-corrected chi connectivity index (χ3v) is 4.47. The number of para-hydroxylation sites is 1. The van der Waals surface area contributed by atoms with Crippen LogP contribution in [-0.4, -0.2) is 22.5 Å². The molecule has 2 heterocycles. The number of hydrogen-bond donors (Lipinski definition) is 3. The summed E-state index contributed by atoms with van der Waals surface area (Å²) in [6, 6.07) is 12.5. The Labute approximate surface area is 147 Å². The molecule has 1 aliphatic heterocycles. The number of nitrogens with one attached hydrogen (secondary N) is 3. The maximum absolute atomic E-state index is 12.7. The van der Waals surface area contributed by atoms with Gasteiger partial charge in [0.1, 0.15) is 5.75 Å². The van der Waals surface area contributed by atoms with E-state index in [9.17, 15) is 9.59 Å². The number of carbonyl (C=O) groups is 1. The molecule has 7 heteroatoms. The lowest BCUT2D eigenvalue weighted by atomic mass is 10.00. The first-order valence-electron chi connectivity index (χ1n) is 7.91. The molecular weight excluding hydrogens is 338 g/mol. The van der Waals surface area contributed by atoms with Gasteiger partial charge in [0.05, 0.1) is 23.6 Å². The summed E-state index contributed by atoms with van der Waals surface area (Å²) in [4.78, 5) is 30.0. The van der Waals surface area contributed by atoms with Crippen molar-refractivity contribution >= 4 is 29.0 Å². The van der Waals surface area contributed by atoms with E-state index in [1.165, 1.54) is 0 Å². The van der Waals surface area contributed by atoms with Crippen LogP contribution in [0.3, 0.4) is 0 Å². The molecule has 2 aromatic carbocycles. The van der Waals surface area contributed by atoms with Crippen molar-refractivity contribution in [2.75, 3.05) is 6.61 Å². The first-order valence-corrected chi connectivity index (χ1v) is 8.31. The monoisotopic (exact) mass is 353 g/mol. The summed E-state index contributed by atoms with van der Waals surface area (Å²) in [6.07, 6.45) is 0.707. The lowest BCUT2D eigenvalue weighted by Gasteiger charge is -2.26. The van der Waals surface area contributed by atoms with Crippen molar-refractivity contribution in [1.29, 1.82) is 0 Å². The fourth-order valence-corrected chi connectivity index (χ4v) is 3.25. The van der Waals surface area contributed by atoms with Crippen LogP contribution in [0.2, 0.25) is 0 Å². The van der Waals surface area contributed by atoms with Gasteiger partial charge in [-0.15, -0.1) is 0 Å². The molecule has 1 atom stereocenters. The van der Waals surface area contributed by atoms with Crippen molar-refractivity contribution in [2.45, 2.75) is 12.5 Å². The number of carbonyl (C=O) groups excluding carboxylic acids is 1. The number of hydrogen-bond acceptors (Lipinski definition) is 4. The molecule has 1 aromatic heterocycles. The molecular formula is C18H15N3O3S. The standard InChI is InChI=1S/C18H15N3O3S/c22-16(19-13-7-8-24-15-4-2-1-3-11(13)15)10-5-6-12-14(9-10)20-18(25)21-17(12)23/h1-6,9,13H,7-8H2,(H,19,22)(H2,20,21,23,25)/t13-/m0/s1. The van der Waals surface area contributed by atoms with Crippen molar-refractivity contribution < 1.29 is 9.53 Å². The molecule has 0 saturated carbocycles. The van der Waals surface area contributed by atoms with Crippen LogP contribution in [0.1, 0.15) is 28.4 Å². The van der Waals surface area contributed by atoms with Crippen LogP contribution in [0.5, 0.6) is 5.75 Å². The highest BCUT2D eigenvalue weighted by Gasteiger charge is 2.23. The minimum absolute atomic E-state index is 0.106. The van der Waals surface area contributed by atoms with Crippen LogP contribution in [0.15, 0.2) is 47.3 Å². The third-order valence-electron chi connectivity index (χ3n) is 4.27. The Morgan fingerprint density at radius 2 is 2.04 bits per heavy atom. The molecule has 3 N–H and O–H groups in total. The average molecular weight is 353 g/mol. The summed E-state index contributed by atoms with van der Waals surface area (Å²) in [7, 11) is 0. The summed E-state index contributed by atoms with van der Waals surface area (Å²) in [5, 5.41) is 3.50. The summed E-state index contributed by atoms with van der Waals surface area (Å²) in [6.45, 7) is 0.558. The van der Waals surface area contributed by atoms with Crippen molar-refractivity contribution in [3.63, 3.8) is 0 Å². The number of aromatic amines is 2. The Hall–Kier alpha value is -2.93. The molecule has 0 saturated heterocycles. The van der Waals surface area contributed by atoms with Crippen molar-refractivity contribution in [3.8, 4) is 5.75 Å². The van der Waals surface area contributed by atoms with Crippen LogP contribution < -0.4 is 15.6 Å². The Morgan fingerprint density at radius 1 is 1.20 bits per heavy atom. The zero-order chi connectivity index (χ0) is 17.4. The highest BCUT2D eigenvalue weighted by atomic mass is 32.1. The third kappa shape index (κ3) is 2.94. The Kier molecular flexibility index (Phi) is 3.85. The molecule has 0 bridgehead atoms. The van der Waals surface area contributed by atoms with Gasteiger partial charge in [0.25, 0.3) is 11.5 Å². The second-order valence-corrected chi connectivity index (χ2v) is 6.28. The molecule has 6 nitrogen and oxygen atoms in total. The van der Waals surface area contributed by atoms with E-state index in [0.29, 0.717) is 29.5 Å². The van der Waals surface area contributed by atoms with E-state index in [1.807, 2.05) is 24.3 Å². The predicted molar refractivity (Wildman–Crippen MR) is 96.5 cm³/mol. The largest absolute Gasteiger partial charge is 0.493 e. The van der Waals surface area contributed by atoms with Crippen molar-refractivity contribution in [1.82, 2.24) is 15.3 Å². The SMILES string of the molecule is O=C(N[C@H]1CCOc2ccccc21)c1ccc2c(=O)[nH]c(=S)[nH]c2c1. The van der Waals surface area contributed by atoms with Gasteiger partial charge in [0.15, 0.2) is 4.77 Å². The summed E-state index contributed by atoms with van der Waals surface area (Å²) >= 11 is 4.98. The van der Waals surface area contributed by atoms with Gasteiger partial charge in [0.2, 0.25) is 0 Å². The minimum atomic E-state index is -0.274. The quantitative estimate of drug-likeness (QED) is 0.618. The second kappa shape index (κ2) is 6.18. The van der Waals surface area contributed by atoms with E-state index in [1.54, 1.807) is 18.2 Å². The maximum atomic E-state index is 12.7. The molecule has 0 radical (unpaired) electrons. The number of benzene rings is 2. The van der Waals surface area contributed by atoms with Gasteiger partial charge in [-0.2, -0.15) is 0 Å². The predicted octanol–water partition coefficient (Wildman–Crippen LogP) is 2.84. The lowest BCUT2D eigenvalue weighted by Crippen LogP contribution is -2.32. The van der Waals surface area contributed by atoms with E-state index >= 15 is 0 Å². The topological polar surface area (TPSA) is 87.0 Å². The van der Waals surface area contributed by atoms with Crippen LogP contribution in [0.4, 0.5) is 0 Å². The van der Waals surface area contributed by atoms with Gasteiger partial charge >= 0.3 is 0 Å². The van der Waals surface area contributed by atoms with E-state index in [2.05, 4.69) is 15.3 Å². The van der Waals surface area contributed by atoms with Gasteiger partial charge in [0, 0.05) is 17.5 Å². The molecule has 4 rings (SSSR count). The van der Waals surface area contributed by atoms with E-state index in [-0.39, 0.29) is 22.3 Å². The van der Waals surface area contributed by atoms with Gasteiger partial charge in [-0.25, -0.2) is 0 Å². The van der Waals surface area contributed by atoms with Crippen LogP contribution in [0.25, 0.3) is 10.9 Å². The molecule has 1 aliphatic rings. The maximum Gasteiger partial charge on any atom is 0.259 e. The van der Waals surface area contributed by atoms with Crippen LogP contribution in [-0.2, 0) is 0 Å². The Balaban J connectivity index is 1.65. The zero-order valence-corrected chi connectivity index (χ0v) is 14.0. The smallest absolute Gasteiger partial charge is 0.259 e. The number of H-pyrrole nitrogens is 2. The van der Waals surface area contributed by atoms with E-state index < -0.39 is 0 Å². The van der Waals surface area contributed by atoms with Crippen LogP contribution in [0, 0.1) is 4.77 Å². The number of amides is 1. The van der Waals surface area contributed by atoms with Gasteiger partial charge in [-0.05, 0) is 36.5 Å². The molecule has 0 spiro atoms. The molecule has 1 amide bonds. The lowest BCUT2D eigenvalue weighted by molar-refractivity contribution is 0.0925. The first-order chi connectivity index (χ1) is 12.1. The van der Waals surface area contributed by atoms with Crippen LogP contribution >= 0.6 is 12.2 Å². The second-order valence-electron chi connectivity index (χ2n) is 5.87. The average Bonchev–Trinajstić information content (AvgIpc) is 2.61. The zero-order valence-electron chi connectivity index (χ0n) is 13.2. The number of aromatic nitrogens is 2. The summed E-state index contributed by atoms with van der Waals surface area (Å²) in [5.74, 6) is 0.594. The molecule has 25 heavy (non-hydrogen) atoms. The molecule has 126 valence electrons. The normalized spacial score (nSPS) is 16.1. The number of ether oxygens (including phenoxy) is 1. The minimum Gasteiger partial charge on any atom is -0.493 e. The highest BCUT2D eigenvalue weighted by molar-refractivity contribution is 7.71. The van der Waals surface area contributed by atoms with Gasteiger partial charge < -0.3 is 15.0 Å². The van der Waals surface area contributed by atoms with Gasteiger partial charge in [-0.3, -0.25) is 14.6 Å². The molecule has 0 fully saturated rings. The van der Waals surface area contributed by atoms with Crippen molar-refractivity contribution in [2.24, 2.45) is 0 Å². The number of fused-ring (bicyclic) bond motifs is 2. The molecule has 3 aromatic rings. The van der Waals surface area contributed by atoms with E-state index in [0.717, 1.165) is 11.3 Å². The first kappa shape index (κ1) is 15.6. The van der Waals surface area contributed by atoms with E-state index in [4.69, 9.17) is 17.0 Å². The molecule has 0 unspecified atom stereocenters. The summed E-state index contributed by atoms with van der Waals surface area (Å²) in [5.41, 5.74) is 1.70. The summed E-state index contributed by atoms with van der Waals surface area (Å²) < 4.78 is 5.85. The molecule has 0 aliphatic carbocycles. The highest BCUT2D eigenvalue weighted by Crippen LogP contribution is 2.31. The van der Waals surface area contributed by atoms with Gasteiger partial charge in [-0.1, -0.05) is 18.2 Å². The Morgan fingerprint density at radius 3 is 2.92 bits per heavy atom.